The summed E-state index contributed by atoms with van der Waals surface area (Å²) in [4.78, 5) is 33.2. The third kappa shape index (κ3) is 3.02. The number of para-hydroxylation sites is 1. The monoisotopic (exact) mass is 323 g/mol. The quantitative estimate of drug-likeness (QED) is 0.869. The average molecular weight is 323 g/mol. The third-order valence-corrected chi connectivity index (χ3v) is 4.38. The average Bonchev–Trinajstić information content (AvgIpc) is 2.98. The summed E-state index contributed by atoms with van der Waals surface area (Å²) in [5.41, 5.74) is 2.26. The smallest absolute Gasteiger partial charge is 0.256 e. The van der Waals surface area contributed by atoms with Gasteiger partial charge in [-0.25, -0.2) is 0 Å². The van der Waals surface area contributed by atoms with E-state index in [1.54, 1.807) is 22.1 Å². The number of anilines is 1. The maximum absolute atomic E-state index is 12.8. The number of amides is 2. The molecule has 3 rings (SSSR count). The van der Waals surface area contributed by atoms with Gasteiger partial charge in [0.05, 0.1) is 5.56 Å². The molecule has 1 aromatic carbocycles. The summed E-state index contributed by atoms with van der Waals surface area (Å²) >= 11 is 0. The highest BCUT2D eigenvalue weighted by Gasteiger charge is 2.38. The standard InChI is InChI=1S/C19H21N3O2/c1-3-21(18(23)15-10-9-14(2)20-13-15)17-11-12-22(19(17)24)16-7-5-4-6-8-16/h4-10,13,17H,3,11-12H2,1-2H3/t17-/m1/s1. The summed E-state index contributed by atoms with van der Waals surface area (Å²) in [5.74, 6) is -0.158. The zero-order valence-electron chi connectivity index (χ0n) is 14.0. The van der Waals surface area contributed by atoms with Crippen LogP contribution in [0.2, 0.25) is 0 Å². The van der Waals surface area contributed by atoms with Crippen molar-refractivity contribution in [3.8, 4) is 0 Å². The fraction of sp³-hybridized carbons (Fsp3) is 0.316. The van der Waals surface area contributed by atoms with Crippen LogP contribution < -0.4 is 4.90 Å². The Kier molecular flexibility index (Phi) is 4.60. The number of pyridine rings is 1. The molecular weight excluding hydrogens is 302 g/mol. The van der Waals surface area contributed by atoms with Gasteiger partial charge in [-0.15, -0.1) is 0 Å². The molecular formula is C19H21N3O2. The first-order valence-corrected chi connectivity index (χ1v) is 8.22. The Hall–Kier alpha value is -2.69. The van der Waals surface area contributed by atoms with Gasteiger partial charge in [0.1, 0.15) is 6.04 Å². The zero-order valence-corrected chi connectivity index (χ0v) is 14.0. The van der Waals surface area contributed by atoms with Gasteiger partial charge in [-0.1, -0.05) is 18.2 Å². The summed E-state index contributed by atoms with van der Waals surface area (Å²) in [6.45, 7) is 4.90. The molecule has 0 radical (unpaired) electrons. The first kappa shape index (κ1) is 16.2. The van der Waals surface area contributed by atoms with Crippen molar-refractivity contribution in [1.29, 1.82) is 0 Å². The van der Waals surface area contributed by atoms with Crippen molar-refractivity contribution in [3.05, 3.63) is 59.9 Å². The van der Waals surface area contributed by atoms with Gasteiger partial charge in [0.25, 0.3) is 5.91 Å². The second-order valence-electron chi connectivity index (χ2n) is 5.91. The molecule has 124 valence electrons. The molecule has 1 fully saturated rings. The van der Waals surface area contributed by atoms with Crippen molar-refractivity contribution in [2.24, 2.45) is 0 Å². The fourth-order valence-corrected chi connectivity index (χ4v) is 3.08. The van der Waals surface area contributed by atoms with E-state index in [1.807, 2.05) is 50.2 Å². The predicted molar refractivity (Wildman–Crippen MR) is 92.9 cm³/mol. The normalized spacial score (nSPS) is 17.2. The second kappa shape index (κ2) is 6.83. The molecule has 1 aliphatic heterocycles. The van der Waals surface area contributed by atoms with Crippen LogP contribution in [-0.4, -0.2) is 40.8 Å². The molecule has 1 aliphatic rings. The summed E-state index contributed by atoms with van der Waals surface area (Å²) in [7, 11) is 0. The molecule has 0 unspecified atom stereocenters. The molecule has 2 aromatic rings. The van der Waals surface area contributed by atoms with Crippen molar-refractivity contribution in [2.75, 3.05) is 18.0 Å². The molecule has 5 nitrogen and oxygen atoms in total. The lowest BCUT2D eigenvalue weighted by Gasteiger charge is -2.27. The maximum Gasteiger partial charge on any atom is 0.256 e. The minimum atomic E-state index is -0.413. The third-order valence-electron chi connectivity index (χ3n) is 4.38. The van der Waals surface area contributed by atoms with E-state index in [2.05, 4.69) is 4.98 Å². The van der Waals surface area contributed by atoms with Crippen LogP contribution in [0.3, 0.4) is 0 Å². The summed E-state index contributed by atoms with van der Waals surface area (Å²) in [6, 6.07) is 12.8. The Morgan fingerprint density at radius 3 is 2.62 bits per heavy atom. The topological polar surface area (TPSA) is 53.5 Å². The summed E-state index contributed by atoms with van der Waals surface area (Å²) in [5, 5.41) is 0. The van der Waals surface area contributed by atoms with Crippen molar-refractivity contribution in [1.82, 2.24) is 9.88 Å². The number of rotatable bonds is 4. The van der Waals surface area contributed by atoms with Gasteiger partial charge in [-0.3, -0.25) is 14.6 Å². The summed E-state index contributed by atoms with van der Waals surface area (Å²) in [6.07, 6.45) is 2.22. The number of aromatic nitrogens is 1. The lowest BCUT2D eigenvalue weighted by atomic mass is 10.1. The van der Waals surface area contributed by atoms with Crippen molar-refractivity contribution in [2.45, 2.75) is 26.3 Å². The number of nitrogens with zero attached hydrogens (tertiary/aromatic N) is 3. The molecule has 5 heteroatoms. The lowest BCUT2D eigenvalue weighted by Crippen LogP contribution is -2.45. The molecule has 2 amide bonds. The van der Waals surface area contributed by atoms with Gasteiger partial charge in [0.15, 0.2) is 0 Å². The second-order valence-corrected chi connectivity index (χ2v) is 5.91. The Bertz CT molecular complexity index is 728. The van der Waals surface area contributed by atoms with Crippen LogP contribution in [0.25, 0.3) is 0 Å². The Morgan fingerprint density at radius 2 is 2.00 bits per heavy atom. The highest BCUT2D eigenvalue weighted by molar-refractivity contribution is 6.03. The van der Waals surface area contributed by atoms with E-state index in [9.17, 15) is 9.59 Å². The number of aryl methyl sites for hydroxylation is 1. The number of hydrogen-bond acceptors (Lipinski definition) is 3. The van der Waals surface area contributed by atoms with E-state index in [4.69, 9.17) is 0 Å². The number of carbonyl (C=O) groups excluding carboxylic acids is 2. The molecule has 0 saturated carbocycles. The van der Waals surface area contributed by atoms with Gasteiger partial charge in [-0.05, 0) is 44.5 Å². The van der Waals surface area contributed by atoms with Gasteiger partial charge >= 0.3 is 0 Å². The van der Waals surface area contributed by atoms with Crippen molar-refractivity contribution < 1.29 is 9.59 Å². The van der Waals surface area contributed by atoms with Crippen molar-refractivity contribution >= 4 is 17.5 Å². The SMILES string of the molecule is CCN(C(=O)c1ccc(C)nc1)[C@@H]1CCN(c2ccccc2)C1=O. The molecule has 0 bridgehead atoms. The molecule has 1 atom stereocenters. The summed E-state index contributed by atoms with van der Waals surface area (Å²) < 4.78 is 0. The zero-order chi connectivity index (χ0) is 17.1. The van der Waals surface area contributed by atoms with Gasteiger partial charge in [0, 0.05) is 30.7 Å². The van der Waals surface area contributed by atoms with E-state index in [-0.39, 0.29) is 11.8 Å². The van der Waals surface area contributed by atoms with E-state index >= 15 is 0 Å². The number of hydrogen-bond donors (Lipinski definition) is 0. The van der Waals surface area contributed by atoms with Crippen LogP contribution in [0.1, 0.15) is 29.4 Å². The van der Waals surface area contributed by atoms with Crippen LogP contribution in [0.4, 0.5) is 5.69 Å². The van der Waals surface area contributed by atoms with E-state index in [0.29, 0.717) is 25.1 Å². The first-order chi connectivity index (χ1) is 11.6. The van der Waals surface area contributed by atoms with Gasteiger partial charge in [0.2, 0.25) is 5.91 Å². The van der Waals surface area contributed by atoms with E-state index < -0.39 is 6.04 Å². The molecule has 0 aliphatic carbocycles. The number of carbonyl (C=O) groups is 2. The van der Waals surface area contributed by atoms with Crippen LogP contribution in [0.15, 0.2) is 48.7 Å². The highest BCUT2D eigenvalue weighted by atomic mass is 16.2. The molecule has 0 N–H and O–H groups in total. The maximum atomic E-state index is 12.8. The minimum absolute atomic E-state index is 0.0172. The number of benzene rings is 1. The highest BCUT2D eigenvalue weighted by Crippen LogP contribution is 2.25. The molecule has 0 spiro atoms. The van der Waals surface area contributed by atoms with Gasteiger partial charge in [-0.2, -0.15) is 0 Å². The first-order valence-electron chi connectivity index (χ1n) is 8.22. The molecule has 1 saturated heterocycles. The van der Waals surface area contributed by atoms with Crippen LogP contribution in [0, 0.1) is 6.92 Å². The van der Waals surface area contributed by atoms with Crippen LogP contribution >= 0.6 is 0 Å². The Labute approximate surface area is 141 Å². The Balaban J connectivity index is 1.80. The van der Waals surface area contributed by atoms with Crippen LogP contribution in [0.5, 0.6) is 0 Å². The molecule has 24 heavy (non-hydrogen) atoms. The van der Waals surface area contributed by atoms with E-state index in [1.165, 1.54) is 0 Å². The van der Waals surface area contributed by atoms with Crippen molar-refractivity contribution in [3.63, 3.8) is 0 Å². The lowest BCUT2D eigenvalue weighted by molar-refractivity contribution is -0.120. The van der Waals surface area contributed by atoms with Gasteiger partial charge < -0.3 is 9.80 Å². The fourth-order valence-electron chi connectivity index (χ4n) is 3.08. The van der Waals surface area contributed by atoms with E-state index in [0.717, 1.165) is 11.4 Å². The number of likely N-dealkylation sites (N-methyl/N-ethyl adjacent to an activating group) is 1. The molecule has 2 heterocycles. The Morgan fingerprint density at radius 1 is 1.25 bits per heavy atom. The largest absolute Gasteiger partial charge is 0.327 e. The molecule has 1 aromatic heterocycles. The predicted octanol–water partition coefficient (Wildman–Crippen LogP) is 2.66. The minimum Gasteiger partial charge on any atom is -0.327 e. The van der Waals surface area contributed by atoms with Crippen LogP contribution in [-0.2, 0) is 4.79 Å².